The molecule has 18 heavy (non-hydrogen) atoms. The molecule has 96 valence electrons. The van der Waals surface area contributed by atoms with Crippen molar-refractivity contribution in [3.63, 3.8) is 0 Å². The number of nitrogens with one attached hydrogen (secondary N) is 1. The normalized spacial score (nSPS) is 12.7. The minimum absolute atomic E-state index is 0.0883. The molecular formula is C10H10BrF2N5. The first kappa shape index (κ1) is 13.0. The maximum absolute atomic E-state index is 13.7. The Morgan fingerprint density at radius 3 is 2.72 bits per heavy atom. The average Bonchev–Trinajstić information content (AvgIpc) is 2.81. The van der Waals surface area contributed by atoms with Gasteiger partial charge in [0.05, 0.1) is 10.5 Å². The van der Waals surface area contributed by atoms with Crippen molar-refractivity contribution in [2.45, 2.75) is 13.0 Å². The molecule has 1 aromatic carbocycles. The topological polar surface area (TPSA) is 55.6 Å². The summed E-state index contributed by atoms with van der Waals surface area (Å²) in [6.45, 7) is 1.83. The maximum Gasteiger partial charge on any atom is 0.173 e. The van der Waals surface area contributed by atoms with Crippen molar-refractivity contribution in [1.29, 1.82) is 0 Å². The molecule has 8 heteroatoms. The molecule has 0 saturated carbocycles. The quantitative estimate of drug-likeness (QED) is 0.880. The highest BCUT2D eigenvalue weighted by Gasteiger charge is 2.18. The lowest BCUT2D eigenvalue weighted by Gasteiger charge is -2.11. The van der Waals surface area contributed by atoms with Gasteiger partial charge in [-0.15, -0.1) is 5.10 Å². The standard InChI is InChI=1S/C10H10BrF2N5/c1-5(14-2)10-15-16-17-18(10)9-3-6(11)7(12)4-8(9)13/h3-5,14H,1-2H3. The number of nitrogens with zero attached hydrogens (tertiary/aromatic N) is 4. The van der Waals surface area contributed by atoms with E-state index in [0.717, 1.165) is 6.07 Å². The third-order valence-electron chi connectivity index (χ3n) is 2.53. The number of aromatic nitrogens is 4. The van der Waals surface area contributed by atoms with Crippen molar-refractivity contribution < 1.29 is 8.78 Å². The van der Waals surface area contributed by atoms with Gasteiger partial charge < -0.3 is 5.32 Å². The van der Waals surface area contributed by atoms with Crippen LogP contribution in [0.3, 0.4) is 0 Å². The van der Waals surface area contributed by atoms with Crippen LogP contribution in [0.1, 0.15) is 18.8 Å². The summed E-state index contributed by atoms with van der Waals surface area (Å²) in [5.41, 5.74) is 0.0883. The number of hydrogen-bond acceptors (Lipinski definition) is 4. The van der Waals surface area contributed by atoms with E-state index >= 15 is 0 Å². The predicted octanol–water partition coefficient (Wildman–Crippen LogP) is 1.98. The summed E-state index contributed by atoms with van der Waals surface area (Å²) >= 11 is 3.01. The molecule has 1 N–H and O–H groups in total. The lowest BCUT2D eigenvalue weighted by atomic mass is 10.2. The molecule has 1 unspecified atom stereocenters. The second-order valence-corrected chi connectivity index (χ2v) is 4.53. The zero-order chi connectivity index (χ0) is 13.3. The Morgan fingerprint density at radius 2 is 2.06 bits per heavy atom. The molecule has 1 aromatic heterocycles. The minimum Gasteiger partial charge on any atom is -0.311 e. The Bertz CT molecular complexity index is 571. The Balaban J connectivity index is 2.56. The molecule has 0 radical (unpaired) electrons. The van der Waals surface area contributed by atoms with Gasteiger partial charge in [0.25, 0.3) is 0 Å². The Kier molecular flexibility index (Phi) is 3.67. The zero-order valence-electron chi connectivity index (χ0n) is 9.65. The van der Waals surface area contributed by atoms with Gasteiger partial charge in [-0.25, -0.2) is 8.78 Å². The van der Waals surface area contributed by atoms with Crippen LogP contribution in [0.2, 0.25) is 0 Å². The van der Waals surface area contributed by atoms with Gasteiger partial charge in [0, 0.05) is 6.07 Å². The highest BCUT2D eigenvalue weighted by molar-refractivity contribution is 9.10. The summed E-state index contributed by atoms with van der Waals surface area (Å²) in [5.74, 6) is -0.963. The third kappa shape index (κ3) is 2.25. The van der Waals surface area contributed by atoms with E-state index in [2.05, 4.69) is 36.8 Å². The summed E-state index contributed by atoms with van der Waals surface area (Å²) in [5, 5.41) is 14.0. The van der Waals surface area contributed by atoms with Crippen LogP contribution in [0.25, 0.3) is 5.69 Å². The molecule has 2 aromatic rings. The Hall–Kier alpha value is -1.41. The molecule has 1 atom stereocenters. The molecule has 0 aliphatic rings. The summed E-state index contributed by atoms with van der Waals surface area (Å²) in [6, 6.07) is 1.92. The lowest BCUT2D eigenvalue weighted by Crippen LogP contribution is -2.18. The van der Waals surface area contributed by atoms with Gasteiger partial charge in [-0.1, -0.05) is 0 Å². The fourth-order valence-corrected chi connectivity index (χ4v) is 1.77. The number of benzene rings is 1. The molecule has 0 aliphatic heterocycles. The van der Waals surface area contributed by atoms with Gasteiger partial charge in [-0.05, 0) is 46.4 Å². The summed E-state index contributed by atoms with van der Waals surface area (Å²) < 4.78 is 28.3. The molecule has 0 amide bonds. The van der Waals surface area contributed by atoms with E-state index < -0.39 is 11.6 Å². The van der Waals surface area contributed by atoms with Crippen molar-refractivity contribution in [3.8, 4) is 5.69 Å². The van der Waals surface area contributed by atoms with Gasteiger partial charge in [-0.2, -0.15) is 4.68 Å². The van der Waals surface area contributed by atoms with Crippen LogP contribution in [0, 0.1) is 11.6 Å². The fraction of sp³-hybridized carbons (Fsp3) is 0.300. The van der Waals surface area contributed by atoms with Crippen LogP contribution in [-0.2, 0) is 0 Å². The highest BCUT2D eigenvalue weighted by atomic mass is 79.9. The lowest BCUT2D eigenvalue weighted by molar-refractivity contribution is 0.551. The molecule has 0 spiro atoms. The smallest absolute Gasteiger partial charge is 0.173 e. The first-order valence-corrected chi connectivity index (χ1v) is 5.94. The van der Waals surface area contributed by atoms with Crippen LogP contribution < -0.4 is 5.32 Å². The zero-order valence-corrected chi connectivity index (χ0v) is 11.2. The second-order valence-electron chi connectivity index (χ2n) is 3.68. The first-order chi connectivity index (χ1) is 8.54. The molecule has 2 rings (SSSR count). The van der Waals surface area contributed by atoms with Gasteiger partial charge in [0.1, 0.15) is 11.5 Å². The van der Waals surface area contributed by atoms with Crippen LogP contribution in [-0.4, -0.2) is 27.3 Å². The second kappa shape index (κ2) is 5.07. The predicted molar refractivity (Wildman–Crippen MR) is 64.2 cm³/mol. The molecule has 0 fully saturated rings. The largest absolute Gasteiger partial charge is 0.311 e. The Labute approximate surface area is 110 Å². The summed E-state index contributed by atoms with van der Waals surface area (Å²) in [7, 11) is 1.74. The SMILES string of the molecule is CNC(C)c1nnnn1-c1cc(Br)c(F)cc1F. The van der Waals surface area contributed by atoms with Crippen LogP contribution >= 0.6 is 15.9 Å². The highest BCUT2D eigenvalue weighted by Crippen LogP contribution is 2.23. The van der Waals surface area contributed by atoms with E-state index in [4.69, 9.17) is 0 Å². The van der Waals surface area contributed by atoms with Crippen LogP contribution in [0.4, 0.5) is 8.78 Å². The van der Waals surface area contributed by atoms with Crippen LogP contribution in [0.5, 0.6) is 0 Å². The third-order valence-corrected chi connectivity index (χ3v) is 3.14. The fourth-order valence-electron chi connectivity index (χ4n) is 1.44. The monoisotopic (exact) mass is 317 g/mol. The maximum atomic E-state index is 13.7. The summed E-state index contributed by atoms with van der Waals surface area (Å²) in [4.78, 5) is 0. The number of rotatable bonds is 3. The van der Waals surface area contributed by atoms with Crippen molar-refractivity contribution in [2.24, 2.45) is 0 Å². The molecule has 0 bridgehead atoms. The first-order valence-electron chi connectivity index (χ1n) is 5.15. The number of tetrazole rings is 1. The van der Waals surface area contributed by atoms with E-state index in [-0.39, 0.29) is 16.2 Å². The van der Waals surface area contributed by atoms with Gasteiger partial charge in [-0.3, -0.25) is 0 Å². The molecule has 0 aliphatic carbocycles. The van der Waals surface area contributed by atoms with Crippen molar-refractivity contribution in [1.82, 2.24) is 25.5 Å². The molecule has 1 heterocycles. The Morgan fingerprint density at radius 1 is 1.33 bits per heavy atom. The molecular weight excluding hydrogens is 308 g/mol. The van der Waals surface area contributed by atoms with Gasteiger partial charge >= 0.3 is 0 Å². The van der Waals surface area contributed by atoms with Gasteiger partial charge in [0.2, 0.25) is 0 Å². The van der Waals surface area contributed by atoms with Gasteiger partial charge in [0.15, 0.2) is 11.6 Å². The van der Waals surface area contributed by atoms with E-state index in [1.165, 1.54) is 10.7 Å². The number of hydrogen-bond donors (Lipinski definition) is 1. The van der Waals surface area contributed by atoms with E-state index in [0.29, 0.717) is 5.82 Å². The molecule has 5 nitrogen and oxygen atoms in total. The van der Waals surface area contributed by atoms with Crippen molar-refractivity contribution >= 4 is 15.9 Å². The van der Waals surface area contributed by atoms with Crippen LogP contribution in [0.15, 0.2) is 16.6 Å². The average molecular weight is 318 g/mol. The van der Waals surface area contributed by atoms with E-state index in [9.17, 15) is 8.78 Å². The number of halogens is 3. The molecule has 0 saturated heterocycles. The minimum atomic E-state index is -0.729. The van der Waals surface area contributed by atoms with Crippen molar-refractivity contribution in [3.05, 3.63) is 34.1 Å². The summed E-state index contributed by atoms with van der Waals surface area (Å²) in [6.07, 6.45) is 0. The van der Waals surface area contributed by atoms with Crippen molar-refractivity contribution in [2.75, 3.05) is 7.05 Å². The van der Waals surface area contributed by atoms with E-state index in [1.54, 1.807) is 7.05 Å². The van der Waals surface area contributed by atoms with E-state index in [1.807, 2.05) is 6.92 Å².